The Bertz CT molecular complexity index is 972. The predicted molar refractivity (Wildman–Crippen MR) is 120 cm³/mol. The second-order valence-electron chi connectivity index (χ2n) is 6.74. The Morgan fingerprint density at radius 1 is 1.03 bits per heavy atom. The van der Waals surface area contributed by atoms with E-state index in [-0.39, 0.29) is 11.8 Å². The molecule has 0 radical (unpaired) electrons. The molecule has 30 heavy (non-hydrogen) atoms. The van der Waals surface area contributed by atoms with Gasteiger partial charge in [0.15, 0.2) is 0 Å². The first-order valence-electron chi connectivity index (χ1n) is 9.63. The number of thiophene rings is 1. The highest BCUT2D eigenvalue weighted by Gasteiger charge is 2.24. The van der Waals surface area contributed by atoms with Gasteiger partial charge >= 0.3 is 0 Å². The van der Waals surface area contributed by atoms with Crippen LogP contribution >= 0.6 is 11.3 Å². The van der Waals surface area contributed by atoms with Gasteiger partial charge in [-0.1, -0.05) is 23.8 Å². The summed E-state index contributed by atoms with van der Waals surface area (Å²) in [6.07, 6.45) is 0. The highest BCUT2D eigenvalue weighted by atomic mass is 32.1. The van der Waals surface area contributed by atoms with Crippen LogP contribution in [0, 0.1) is 6.92 Å². The van der Waals surface area contributed by atoms with Gasteiger partial charge in [-0.3, -0.25) is 9.59 Å². The standard InChI is InChI=1S/C23H25N3O3S/c1-16-5-3-6-17(15-16)22(27)26-21(20-7-4-14-30-20)23(28)25-13-12-24-18-8-10-19(29-2)11-9-18/h3-11,14-15,21,24H,12-13H2,1-2H3,(H,25,28)(H,26,27). The van der Waals surface area contributed by atoms with Crippen LogP contribution in [-0.4, -0.2) is 32.0 Å². The van der Waals surface area contributed by atoms with Crippen molar-refractivity contribution in [3.8, 4) is 5.75 Å². The van der Waals surface area contributed by atoms with Gasteiger partial charge in [-0.15, -0.1) is 11.3 Å². The molecule has 1 heterocycles. The second kappa shape index (κ2) is 10.5. The minimum atomic E-state index is -0.737. The summed E-state index contributed by atoms with van der Waals surface area (Å²) in [7, 11) is 1.62. The molecule has 2 aromatic carbocycles. The fourth-order valence-corrected chi connectivity index (χ4v) is 3.70. The van der Waals surface area contributed by atoms with E-state index >= 15 is 0 Å². The molecular weight excluding hydrogens is 398 g/mol. The van der Waals surface area contributed by atoms with Crippen LogP contribution in [0.4, 0.5) is 5.69 Å². The number of carbonyl (C=O) groups excluding carboxylic acids is 2. The number of aryl methyl sites for hydroxylation is 1. The first-order chi connectivity index (χ1) is 14.6. The maximum Gasteiger partial charge on any atom is 0.252 e. The maximum atomic E-state index is 12.8. The van der Waals surface area contributed by atoms with Gasteiger partial charge in [0.2, 0.25) is 5.91 Å². The Labute approximate surface area is 180 Å². The summed E-state index contributed by atoms with van der Waals surface area (Å²) < 4.78 is 5.14. The molecule has 1 atom stereocenters. The summed E-state index contributed by atoms with van der Waals surface area (Å²) in [4.78, 5) is 26.3. The van der Waals surface area contributed by atoms with Crippen LogP contribution in [-0.2, 0) is 4.79 Å². The van der Waals surface area contributed by atoms with E-state index in [9.17, 15) is 9.59 Å². The summed E-state index contributed by atoms with van der Waals surface area (Å²) in [5, 5.41) is 10.9. The van der Waals surface area contributed by atoms with Crippen LogP contribution in [0.2, 0.25) is 0 Å². The van der Waals surface area contributed by atoms with Gasteiger partial charge in [-0.05, 0) is 54.8 Å². The minimum Gasteiger partial charge on any atom is -0.497 e. The highest BCUT2D eigenvalue weighted by Crippen LogP contribution is 2.20. The Balaban J connectivity index is 1.57. The zero-order valence-corrected chi connectivity index (χ0v) is 17.8. The molecule has 7 heteroatoms. The van der Waals surface area contributed by atoms with Crippen molar-refractivity contribution in [2.75, 3.05) is 25.5 Å². The first kappa shape index (κ1) is 21.4. The van der Waals surface area contributed by atoms with Crippen molar-refractivity contribution >= 4 is 28.8 Å². The third-order valence-electron chi connectivity index (χ3n) is 4.49. The molecule has 0 saturated heterocycles. The number of carbonyl (C=O) groups is 2. The van der Waals surface area contributed by atoms with E-state index < -0.39 is 6.04 Å². The largest absolute Gasteiger partial charge is 0.497 e. The number of ether oxygens (including phenoxy) is 1. The minimum absolute atomic E-state index is 0.241. The summed E-state index contributed by atoms with van der Waals surface area (Å²) in [6, 6.07) is 17.8. The van der Waals surface area contributed by atoms with E-state index in [0.717, 1.165) is 21.9 Å². The number of hydrogen-bond donors (Lipinski definition) is 3. The molecule has 0 spiro atoms. The maximum absolute atomic E-state index is 12.8. The molecule has 3 aromatic rings. The number of nitrogens with one attached hydrogen (secondary N) is 3. The quantitative estimate of drug-likeness (QED) is 0.458. The average molecular weight is 424 g/mol. The average Bonchev–Trinajstić information content (AvgIpc) is 3.29. The van der Waals surface area contributed by atoms with Gasteiger partial charge in [0.25, 0.3) is 5.91 Å². The van der Waals surface area contributed by atoms with E-state index in [1.807, 2.05) is 60.8 Å². The van der Waals surface area contributed by atoms with Gasteiger partial charge in [-0.25, -0.2) is 0 Å². The number of amides is 2. The van der Waals surface area contributed by atoms with Crippen molar-refractivity contribution < 1.29 is 14.3 Å². The van der Waals surface area contributed by atoms with Crippen LogP contribution in [0.1, 0.15) is 26.8 Å². The van der Waals surface area contributed by atoms with E-state index in [1.54, 1.807) is 19.2 Å². The van der Waals surface area contributed by atoms with Crippen LogP contribution in [0.15, 0.2) is 66.0 Å². The Morgan fingerprint density at radius 2 is 1.83 bits per heavy atom. The molecule has 2 amide bonds. The highest BCUT2D eigenvalue weighted by molar-refractivity contribution is 7.10. The number of benzene rings is 2. The van der Waals surface area contributed by atoms with E-state index in [2.05, 4.69) is 16.0 Å². The lowest BCUT2D eigenvalue weighted by Gasteiger charge is -2.18. The van der Waals surface area contributed by atoms with Crippen LogP contribution < -0.4 is 20.7 Å². The zero-order valence-electron chi connectivity index (χ0n) is 17.0. The molecule has 156 valence electrons. The van der Waals surface area contributed by atoms with Crippen LogP contribution in [0.5, 0.6) is 5.75 Å². The van der Waals surface area contributed by atoms with Crippen molar-refractivity contribution in [2.24, 2.45) is 0 Å². The molecule has 0 saturated carbocycles. The first-order valence-corrected chi connectivity index (χ1v) is 10.5. The van der Waals surface area contributed by atoms with E-state index in [1.165, 1.54) is 11.3 Å². The molecule has 0 aliphatic heterocycles. The normalized spacial score (nSPS) is 11.4. The molecule has 0 aliphatic rings. The van der Waals surface area contributed by atoms with Crippen molar-refractivity contribution in [2.45, 2.75) is 13.0 Å². The molecule has 1 aromatic heterocycles. The molecular formula is C23H25N3O3S. The SMILES string of the molecule is COc1ccc(NCCNC(=O)C(NC(=O)c2cccc(C)c2)c2cccs2)cc1. The van der Waals surface area contributed by atoms with Gasteiger partial charge in [-0.2, -0.15) is 0 Å². The predicted octanol–water partition coefficient (Wildman–Crippen LogP) is 3.76. The third-order valence-corrected chi connectivity index (χ3v) is 5.43. The van der Waals surface area contributed by atoms with Crippen molar-refractivity contribution in [1.82, 2.24) is 10.6 Å². The van der Waals surface area contributed by atoms with E-state index in [0.29, 0.717) is 18.7 Å². The van der Waals surface area contributed by atoms with Gasteiger partial charge in [0, 0.05) is 29.2 Å². The van der Waals surface area contributed by atoms with Gasteiger partial charge in [0.05, 0.1) is 7.11 Å². The van der Waals surface area contributed by atoms with Crippen LogP contribution in [0.25, 0.3) is 0 Å². The third kappa shape index (κ3) is 5.84. The Hall–Kier alpha value is -3.32. The van der Waals surface area contributed by atoms with Gasteiger partial charge in [0.1, 0.15) is 11.8 Å². The molecule has 3 N–H and O–H groups in total. The topological polar surface area (TPSA) is 79.5 Å². The molecule has 6 nitrogen and oxygen atoms in total. The zero-order chi connectivity index (χ0) is 21.3. The van der Waals surface area contributed by atoms with Crippen LogP contribution in [0.3, 0.4) is 0 Å². The Kier molecular flexibility index (Phi) is 7.45. The van der Waals surface area contributed by atoms with Gasteiger partial charge < -0.3 is 20.7 Å². The molecule has 0 aliphatic carbocycles. The molecule has 3 rings (SSSR count). The lowest BCUT2D eigenvalue weighted by molar-refractivity contribution is -0.122. The van der Waals surface area contributed by atoms with Crippen molar-refractivity contribution in [1.29, 1.82) is 0 Å². The van der Waals surface area contributed by atoms with E-state index in [4.69, 9.17) is 4.74 Å². The lowest BCUT2D eigenvalue weighted by Crippen LogP contribution is -2.41. The smallest absolute Gasteiger partial charge is 0.252 e. The number of hydrogen-bond acceptors (Lipinski definition) is 5. The summed E-state index contributed by atoms with van der Waals surface area (Å²) in [5.41, 5.74) is 2.46. The summed E-state index contributed by atoms with van der Waals surface area (Å²) in [6.45, 7) is 2.91. The summed E-state index contributed by atoms with van der Waals surface area (Å²) in [5.74, 6) is 0.274. The lowest BCUT2D eigenvalue weighted by atomic mass is 10.1. The molecule has 0 fully saturated rings. The fraction of sp³-hybridized carbons (Fsp3) is 0.217. The molecule has 1 unspecified atom stereocenters. The Morgan fingerprint density at radius 3 is 2.50 bits per heavy atom. The number of methoxy groups -OCH3 is 1. The molecule has 0 bridgehead atoms. The fourth-order valence-electron chi connectivity index (χ4n) is 2.93. The monoisotopic (exact) mass is 423 g/mol. The van der Waals surface area contributed by atoms with Crippen molar-refractivity contribution in [3.05, 3.63) is 82.0 Å². The number of rotatable bonds is 9. The number of anilines is 1. The second-order valence-corrected chi connectivity index (χ2v) is 7.72. The van der Waals surface area contributed by atoms with Crippen molar-refractivity contribution in [3.63, 3.8) is 0 Å². The summed E-state index contributed by atoms with van der Waals surface area (Å²) >= 11 is 1.44.